The number of hydrogen-bond donors (Lipinski definition) is 0. The summed E-state index contributed by atoms with van der Waals surface area (Å²) >= 11 is 0. The van der Waals surface area contributed by atoms with E-state index < -0.39 is 21.8 Å². The first-order valence-corrected chi connectivity index (χ1v) is 9.22. The first kappa shape index (κ1) is 18.0. The number of pyridine rings is 1. The molecule has 9 heteroatoms. The topological polar surface area (TPSA) is 53.5 Å². The normalized spacial score (nSPS) is 17.7. The van der Waals surface area contributed by atoms with E-state index in [4.69, 9.17) is 0 Å². The second-order valence-electron chi connectivity index (χ2n) is 5.59. The van der Waals surface area contributed by atoms with Gasteiger partial charge in [-0.3, -0.25) is 0 Å². The summed E-state index contributed by atoms with van der Waals surface area (Å²) in [5.74, 6) is 0.485. The summed E-state index contributed by atoms with van der Waals surface area (Å²) in [6.07, 6.45) is -1.11. The van der Waals surface area contributed by atoms with E-state index in [0.29, 0.717) is 38.3 Å². The van der Waals surface area contributed by atoms with E-state index in [0.717, 1.165) is 12.3 Å². The van der Waals surface area contributed by atoms with Crippen molar-refractivity contribution >= 4 is 15.8 Å². The lowest BCUT2D eigenvalue weighted by Crippen LogP contribution is -2.47. The van der Waals surface area contributed by atoms with Crippen molar-refractivity contribution in [2.24, 2.45) is 0 Å². The van der Waals surface area contributed by atoms with Gasteiger partial charge in [0.25, 0.3) is 0 Å². The van der Waals surface area contributed by atoms with E-state index in [1.165, 1.54) is 16.6 Å². The van der Waals surface area contributed by atoms with Crippen molar-refractivity contribution in [1.29, 1.82) is 0 Å². The molecule has 0 radical (unpaired) electrons. The highest BCUT2D eigenvalue weighted by Crippen LogP contribution is 2.30. The first-order chi connectivity index (χ1) is 10.6. The number of hydrogen-bond acceptors (Lipinski definition) is 4. The SMILES string of the molecule is CCN(C1CCN(c2ccc(C(F)(F)F)cn2)CC1)S(C)(=O)=O. The van der Waals surface area contributed by atoms with Gasteiger partial charge in [0, 0.05) is 31.9 Å². The van der Waals surface area contributed by atoms with Crippen LogP contribution in [0.25, 0.3) is 0 Å². The van der Waals surface area contributed by atoms with E-state index >= 15 is 0 Å². The molecular weight excluding hydrogens is 331 g/mol. The molecule has 1 fully saturated rings. The molecule has 2 heterocycles. The fourth-order valence-corrected chi connectivity index (χ4v) is 4.11. The van der Waals surface area contributed by atoms with Crippen molar-refractivity contribution in [3.63, 3.8) is 0 Å². The molecule has 0 aromatic carbocycles. The average Bonchev–Trinajstić information content (AvgIpc) is 2.46. The van der Waals surface area contributed by atoms with E-state index in [2.05, 4.69) is 4.98 Å². The molecule has 0 atom stereocenters. The lowest BCUT2D eigenvalue weighted by Gasteiger charge is -2.37. The quantitative estimate of drug-likeness (QED) is 0.836. The molecule has 1 aromatic rings. The molecule has 2 rings (SSSR count). The third-order valence-electron chi connectivity index (χ3n) is 4.01. The second-order valence-corrected chi connectivity index (χ2v) is 7.52. The summed E-state index contributed by atoms with van der Waals surface area (Å²) in [5, 5.41) is 0. The maximum atomic E-state index is 12.5. The Bertz CT molecular complexity index is 624. The van der Waals surface area contributed by atoms with Gasteiger partial charge in [-0.05, 0) is 25.0 Å². The molecule has 5 nitrogen and oxygen atoms in total. The summed E-state index contributed by atoms with van der Waals surface area (Å²) < 4.78 is 62.6. The number of piperidine rings is 1. The first-order valence-electron chi connectivity index (χ1n) is 7.38. The van der Waals surface area contributed by atoms with Gasteiger partial charge >= 0.3 is 6.18 Å². The Morgan fingerprint density at radius 1 is 1.30 bits per heavy atom. The molecule has 0 amide bonds. The van der Waals surface area contributed by atoms with Crippen LogP contribution >= 0.6 is 0 Å². The predicted octanol–water partition coefficient (Wildman–Crippen LogP) is 2.35. The molecule has 1 aliphatic heterocycles. The van der Waals surface area contributed by atoms with Crippen molar-refractivity contribution in [3.8, 4) is 0 Å². The van der Waals surface area contributed by atoms with Crippen LogP contribution in [0.1, 0.15) is 25.3 Å². The summed E-state index contributed by atoms with van der Waals surface area (Å²) in [4.78, 5) is 5.76. The van der Waals surface area contributed by atoms with Gasteiger partial charge in [0.15, 0.2) is 0 Å². The lowest BCUT2D eigenvalue weighted by atomic mass is 10.0. The van der Waals surface area contributed by atoms with Crippen LogP contribution < -0.4 is 4.90 Å². The molecule has 0 bridgehead atoms. The Morgan fingerprint density at radius 3 is 2.30 bits per heavy atom. The number of aromatic nitrogens is 1. The van der Waals surface area contributed by atoms with Gasteiger partial charge in [0.05, 0.1) is 11.8 Å². The Balaban J connectivity index is 2.02. The predicted molar refractivity (Wildman–Crippen MR) is 81.7 cm³/mol. The maximum Gasteiger partial charge on any atom is 0.417 e. The molecular formula is C14H20F3N3O2S. The largest absolute Gasteiger partial charge is 0.417 e. The van der Waals surface area contributed by atoms with Crippen molar-refractivity contribution in [2.45, 2.75) is 32.0 Å². The molecule has 0 saturated carbocycles. The zero-order chi connectivity index (χ0) is 17.3. The van der Waals surface area contributed by atoms with Crippen LogP contribution in [0.4, 0.5) is 19.0 Å². The number of anilines is 1. The molecule has 130 valence electrons. The summed E-state index contributed by atoms with van der Waals surface area (Å²) in [6, 6.07) is 2.31. The van der Waals surface area contributed by atoms with Gasteiger partial charge in [-0.2, -0.15) is 17.5 Å². The molecule has 0 aliphatic carbocycles. The van der Waals surface area contributed by atoms with Gasteiger partial charge in [-0.1, -0.05) is 6.92 Å². The Morgan fingerprint density at radius 2 is 1.91 bits per heavy atom. The summed E-state index contributed by atoms with van der Waals surface area (Å²) in [5.41, 5.74) is -0.773. The number of alkyl halides is 3. The third kappa shape index (κ3) is 4.35. The highest BCUT2D eigenvalue weighted by Gasteiger charge is 2.32. The zero-order valence-electron chi connectivity index (χ0n) is 13.0. The smallest absolute Gasteiger partial charge is 0.357 e. The van der Waals surface area contributed by atoms with Crippen LogP contribution in [0.2, 0.25) is 0 Å². The van der Waals surface area contributed by atoms with Gasteiger partial charge in [-0.15, -0.1) is 0 Å². The van der Waals surface area contributed by atoms with Crippen molar-refractivity contribution < 1.29 is 21.6 Å². The minimum atomic E-state index is -4.39. The number of sulfonamides is 1. The standard InChI is InChI=1S/C14H20F3N3O2S/c1-3-20(23(2,21)22)12-6-8-19(9-7-12)13-5-4-11(10-18-13)14(15,16)17/h4-5,10,12H,3,6-9H2,1-2H3. The van der Waals surface area contributed by atoms with Gasteiger partial charge in [0.1, 0.15) is 5.82 Å². The van der Waals surface area contributed by atoms with E-state index in [1.54, 1.807) is 6.92 Å². The molecule has 23 heavy (non-hydrogen) atoms. The minimum absolute atomic E-state index is 0.0688. The number of nitrogens with zero attached hydrogens (tertiary/aromatic N) is 3. The maximum absolute atomic E-state index is 12.5. The van der Waals surface area contributed by atoms with Gasteiger partial charge in [0.2, 0.25) is 10.0 Å². The molecule has 0 N–H and O–H groups in total. The Kier molecular flexibility index (Phi) is 5.20. The van der Waals surface area contributed by atoms with Gasteiger partial charge < -0.3 is 4.90 Å². The highest BCUT2D eigenvalue weighted by atomic mass is 32.2. The third-order valence-corrected chi connectivity index (χ3v) is 5.42. The van der Waals surface area contributed by atoms with E-state index in [9.17, 15) is 21.6 Å². The van der Waals surface area contributed by atoms with E-state index in [1.807, 2.05) is 4.90 Å². The van der Waals surface area contributed by atoms with Crippen LogP contribution in [-0.2, 0) is 16.2 Å². The fraction of sp³-hybridized carbons (Fsp3) is 0.643. The van der Waals surface area contributed by atoms with Crippen LogP contribution in [-0.4, -0.2) is 49.6 Å². The highest BCUT2D eigenvalue weighted by molar-refractivity contribution is 7.88. The van der Waals surface area contributed by atoms with Crippen LogP contribution in [0.5, 0.6) is 0 Å². The molecule has 0 spiro atoms. The van der Waals surface area contributed by atoms with Gasteiger partial charge in [-0.25, -0.2) is 13.4 Å². The molecule has 1 saturated heterocycles. The van der Waals surface area contributed by atoms with Crippen LogP contribution in [0, 0.1) is 0 Å². The number of rotatable bonds is 4. The summed E-state index contributed by atoms with van der Waals surface area (Å²) in [6.45, 7) is 3.34. The fourth-order valence-electron chi connectivity index (χ4n) is 2.89. The minimum Gasteiger partial charge on any atom is -0.357 e. The second kappa shape index (κ2) is 6.64. The van der Waals surface area contributed by atoms with E-state index in [-0.39, 0.29) is 6.04 Å². The molecule has 1 aromatic heterocycles. The van der Waals surface area contributed by atoms with Crippen molar-refractivity contribution in [3.05, 3.63) is 23.9 Å². The molecule has 1 aliphatic rings. The summed E-state index contributed by atoms with van der Waals surface area (Å²) in [7, 11) is -3.24. The number of halogens is 3. The molecule has 0 unspecified atom stereocenters. The zero-order valence-corrected chi connectivity index (χ0v) is 13.9. The van der Waals surface area contributed by atoms with Crippen LogP contribution in [0.3, 0.4) is 0 Å². The van der Waals surface area contributed by atoms with Crippen molar-refractivity contribution in [2.75, 3.05) is 30.8 Å². The monoisotopic (exact) mass is 351 g/mol. The Hall–Kier alpha value is -1.35. The Labute approximate surface area is 134 Å². The van der Waals surface area contributed by atoms with Crippen LogP contribution in [0.15, 0.2) is 18.3 Å². The average molecular weight is 351 g/mol. The van der Waals surface area contributed by atoms with Crippen molar-refractivity contribution in [1.82, 2.24) is 9.29 Å². The lowest BCUT2D eigenvalue weighted by molar-refractivity contribution is -0.137.